The summed E-state index contributed by atoms with van der Waals surface area (Å²) in [6.07, 6.45) is 8.59. The predicted molar refractivity (Wildman–Crippen MR) is 138 cm³/mol. The zero-order valence-electron chi connectivity index (χ0n) is 17.4. The Balaban J connectivity index is 1.59. The van der Waals surface area contributed by atoms with Crippen molar-refractivity contribution in [3.05, 3.63) is 80.8 Å². The van der Waals surface area contributed by atoms with Crippen molar-refractivity contribution in [1.29, 1.82) is 0 Å². The lowest BCUT2D eigenvalue weighted by Crippen LogP contribution is -2.18. The van der Waals surface area contributed by atoms with E-state index in [1.54, 1.807) is 0 Å². The fourth-order valence-electron chi connectivity index (χ4n) is 2.51. The summed E-state index contributed by atoms with van der Waals surface area (Å²) in [6.45, 7) is 0. The van der Waals surface area contributed by atoms with Crippen LogP contribution in [-0.4, -0.2) is 24.2 Å². The van der Waals surface area contributed by atoms with Gasteiger partial charge in [-0.25, -0.2) is 10.9 Å². The number of carbonyl (C=O) groups is 2. The molecule has 2 amide bonds. The first-order chi connectivity index (χ1) is 15.5. The molecule has 0 aliphatic carbocycles. The number of unbranched alkanes of at least 4 members (excludes halogenated alkanes) is 1. The van der Waals surface area contributed by atoms with Gasteiger partial charge >= 0.3 is 0 Å². The van der Waals surface area contributed by atoms with E-state index in [2.05, 4.69) is 52.9 Å². The fraction of sp³-hybridized carbons (Fsp3) is 0.167. The third kappa shape index (κ3) is 11.5. The molecule has 6 nitrogen and oxygen atoms in total. The van der Waals surface area contributed by atoms with Gasteiger partial charge in [0.25, 0.3) is 0 Å². The van der Waals surface area contributed by atoms with Crippen molar-refractivity contribution in [1.82, 2.24) is 10.9 Å². The van der Waals surface area contributed by atoms with Gasteiger partial charge in [-0.15, -0.1) is 0 Å². The predicted octanol–water partition coefficient (Wildman–Crippen LogP) is 5.62. The summed E-state index contributed by atoms with van der Waals surface area (Å²) >= 11 is 6.78. The standard InChI is InChI=1S/C24H24Br2N4O2/c25-21(15-19-9-3-1-4-10-19)17-27-29-23(31)13-7-8-14-24(32)30-28-18-22(26)16-20-11-5-2-6-12-20/h1-6,9-12,15-18H,7-8,13-14H2,(H,29,31)(H,30,32)/b21-15-,22-16-,27-17-,28-18-. The number of hydrazone groups is 2. The highest BCUT2D eigenvalue weighted by molar-refractivity contribution is 9.12. The van der Waals surface area contributed by atoms with E-state index >= 15 is 0 Å². The number of nitrogens with zero attached hydrogens (tertiary/aromatic N) is 2. The fourth-order valence-corrected chi connectivity index (χ4v) is 3.24. The van der Waals surface area contributed by atoms with Crippen molar-refractivity contribution in [3.63, 3.8) is 0 Å². The van der Waals surface area contributed by atoms with Gasteiger partial charge in [0.2, 0.25) is 11.8 Å². The maximum atomic E-state index is 11.8. The Morgan fingerprint density at radius 3 is 1.44 bits per heavy atom. The van der Waals surface area contributed by atoms with E-state index in [0.29, 0.717) is 25.7 Å². The average molecular weight is 560 g/mol. The molecule has 0 aromatic heterocycles. The van der Waals surface area contributed by atoms with Gasteiger partial charge in [0.1, 0.15) is 0 Å². The molecule has 0 aliphatic heterocycles. The van der Waals surface area contributed by atoms with Crippen LogP contribution in [0.5, 0.6) is 0 Å². The Labute approximate surface area is 204 Å². The molecule has 2 aromatic carbocycles. The number of nitrogens with one attached hydrogen (secondary N) is 2. The van der Waals surface area contributed by atoms with Crippen LogP contribution >= 0.6 is 31.9 Å². The van der Waals surface area contributed by atoms with Gasteiger partial charge in [0, 0.05) is 21.8 Å². The molecule has 0 saturated heterocycles. The Hall–Kier alpha value is -2.84. The van der Waals surface area contributed by atoms with Gasteiger partial charge in [-0.3, -0.25) is 9.59 Å². The van der Waals surface area contributed by atoms with Crippen LogP contribution in [0.25, 0.3) is 12.2 Å². The van der Waals surface area contributed by atoms with Gasteiger partial charge in [-0.05, 0) is 68.0 Å². The van der Waals surface area contributed by atoms with Crippen molar-refractivity contribution in [2.75, 3.05) is 0 Å². The van der Waals surface area contributed by atoms with E-state index in [-0.39, 0.29) is 11.8 Å². The molecule has 166 valence electrons. The highest BCUT2D eigenvalue weighted by Crippen LogP contribution is 2.10. The minimum absolute atomic E-state index is 0.199. The second kappa shape index (κ2) is 15.0. The number of allylic oxidation sites excluding steroid dienone is 2. The summed E-state index contributed by atoms with van der Waals surface area (Å²) in [5.74, 6) is -0.399. The number of amides is 2. The molecule has 0 radical (unpaired) electrons. The van der Waals surface area contributed by atoms with Crippen molar-refractivity contribution < 1.29 is 9.59 Å². The number of hydrogen-bond acceptors (Lipinski definition) is 4. The summed E-state index contributed by atoms with van der Waals surface area (Å²) in [6, 6.07) is 19.5. The molecule has 0 saturated carbocycles. The van der Waals surface area contributed by atoms with Crippen molar-refractivity contribution >= 4 is 68.3 Å². The Kier molecular flexibility index (Phi) is 12.0. The minimum atomic E-state index is -0.199. The zero-order chi connectivity index (χ0) is 23.0. The van der Waals surface area contributed by atoms with E-state index in [1.807, 2.05) is 72.8 Å². The third-order valence-electron chi connectivity index (χ3n) is 4.02. The van der Waals surface area contributed by atoms with E-state index in [0.717, 1.165) is 20.1 Å². The van der Waals surface area contributed by atoms with Gasteiger partial charge in [0.05, 0.1) is 12.4 Å². The van der Waals surface area contributed by atoms with E-state index < -0.39 is 0 Å². The molecule has 2 N–H and O–H groups in total. The highest BCUT2D eigenvalue weighted by Gasteiger charge is 2.03. The van der Waals surface area contributed by atoms with Crippen molar-refractivity contribution in [2.45, 2.75) is 25.7 Å². The van der Waals surface area contributed by atoms with Crippen LogP contribution in [0.4, 0.5) is 0 Å². The Bertz CT molecular complexity index is 906. The van der Waals surface area contributed by atoms with Crippen LogP contribution < -0.4 is 10.9 Å². The normalized spacial score (nSPS) is 12.3. The summed E-state index contributed by atoms with van der Waals surface area (Å²) in [5.41, 5.74) is 7.01. The molecule has 0 aliphatic rings. The number of benzene rings is 2. The second-order valence-corrected chi connectivity index (χ2v) is 8.50. The molecule has 0 unspecified atom stereocenters. The van der Waals surface area contributed by atoms with Gasteiger partial charge in [-0.2, -0.15) is 10.2 Å². The molecule has 0 bridgehead atoms. The molecule has 32 heavy (non-hydrogen) atoms. The molecular formula is C24H24Br2N4O2. The number of rotatable bonds is 11. The lowest BCUT2D eigenvalue weighted by molar-refractivity contribution is -0.123. The molecule has 8 heteroatoms. The van der Waals surface area contributed by atoms with Crippen molar-refractivity contribution in [2.24, 2.45) is 10.2 Å². The first-order valence-corrected chi connectivity index (χ1v) is 11.6. The number of carbonyl (C=O) groups excluding carboxylic acids is 2. The Morgan fingerprint density at radius 2 is 1.06 bits per heavy atom. The van der Waals surface area contributed by atoms with Crippen LogP contribution in [0.3, 0.4) is 0 Å². The maximum absolute atomic E-state index is 11.8. The largest absolute Gasteiger partial charge is 0.273 e. The van der Waals surface area contributed by atoms with E-state index in [9.17, 15) is 9.59 Å². The summed E-state index contributed by atoms with van der Waals surface area (Å²) in [7, 11) is 0. The van der Waals surface area contributed by atoms with E-state index in [1.165, 1.54) is 12.4 Å². The van der Waals surface area contributed by atoms with Crippen LogP contribution in [-0.2, 0) is 9.59 Å². The van der Waals surface area contributed by atoms with Crippen LogP contribution in [0.1, 0.15) is 36.8 Å². The lowest BCUT2D eigenvalue weighted by atomic mass is 10.2. The van der Waals surface area contributed by atoms with E-state index in [4.69, 9.17) is 0 Å². The molecule has 0 spiro atoms. The second-order valence-electron chi connectivity index (χ2n) is 6.67. The molecule has 2 aromatic rings. The highest BCUT2D eigenvalue weighted by atomic mass is 79.9. The molecule has 2 rings (SSSR count). The first-order valence-electron chi connectivity index (χ1n) is 10.0. The van der Waals surface area contributed by atoms with Crippen LogP contribution in [0.2, 0.25) is 0 Å². The topological polar surface area (TPSA) is 82.9 Å². The van der Waals surface area contributed by atoms with Gasteiger partial charge < -0.3 is 0 Å². The first kappa shape index (κ1) is 25.4. The Morgan fingerprint density at radius 1 is 0.688 bits per heavy atom. The molecular weight excluding hydrogens is 536 g/mol. The molecule has 0 atom stereocenters. The third-order valence-corrected chi connectivity index (χ3v) is 4.89. The van der Waals surface area contributed by atoms with Crippen LogP contribution in [0.15, 0.2) is 79.8 Å². The van der Waals surface area contributed by atoms with Crippen LogP contribution in [0, 0.1) is 0 Å². The molecule has 0 heterocycles. The SMILES string of the molecule is O=C(CCCCC(=O)N/N=C\C(Br)=C\c1ccccc1)N/N=C\C(Br)=C\c1ccccc1. The number of hydrogen-bond donors (Lipinski definition) is 2. The summed E-state index contributed by atoms with van der Waals surface area (Å²) in [4.78, 5) is 23.7. The number of halogens is 2. The average Bonchev–Trinajstić information content (AvgIpc) is 2.78. The zero-order valence-corrected chi connectivity index (χ0v) is 20.6. The summed E-state index contributed by atoms with van der Waals surface area (Å²) in [5, 5.41) is 7.84. The lowest BCUT2D eigenvalue weighted by Gasteiger charge is -2.01. The quantitative estimate of drug-likeness (QED) is 0.213. The minimum Gasteiger partial charge on any atom is -0.273 e. The smallest absolute Gasteiger partial charge is 0.240 e. The van der Waals surface area contributed by atoms with Gasteiger partial charge in [-0.1, -0.05) is 60.7 Å². The summed E-state index contributed by atoms with van der Waals surface area (Å²) < 4.78 is 1.48. The van der Waals surface area contributed by atoms with Gasteiger partial charge in [0.15, 0.2) is 0 Å². The van der Waals surface area contributed by atoms with Crippen molar-refractivity contribution in [3.8, 4) is 0 Å². The monoisotopic (exact) mass is 558 g/mol. The maximum Gasteiger partial charge on any atom is 0.240 e. The molecule has 0 fully saturated rings.